The highest BCUT2D eigenvalue weighted by Crippen LogP contribution is 2.55. The molecule has 2 amide bonds. The van der Waals surface area contributed by atoms with E-state index in [-0.39, 0.29) is 17.7 Å². The summed E-state index contributed by atoms with van der Waals surface area (Å²) in [6.45, 7) is -3.86. The molecule has 0 aliphatic rings. The van der Waals surface area contributed by atoms with Gasteiger partial charge in [0.2, 0.25) is 0 Å². The van der Waals surface area contributed by atoms with Gasteiger partial charge in [-0.2, -0.15) is 35.1 Å². The molecule has 3 aromatic rings. The van der Waals surface area contributed by atoms with E-state index in [1.54, 1.807) is 0 Å². The molecule has 0 heterocycles. The molecule has 0 saturated heterocycles. The van der Waals surface area contributed by atoms with E-state index < -0.39 is 75.0 Å². The molecule has 41 heavy (non-hydrogen) atoms. The van der Waals surface area contributed by atoms with E-state index in [4.69, 9.17) is 11.6 Å². The number of nitrogens with one attached hydrogen (secondary N) is 2. The first kappa shape index (κ1) is 32.0. The lowest BCUT2D eigenvalue weighted by Gasteiger charge is -2.31. The number of carbonyl (C=O) groups is 2. The van der Waals surface area contributed by atoms with E-state index in [1.165, 1.54) is 24.3 Å². The van der Waals surface area contributed by atoms with Crippen LogP contribution >= 0.6 is 27.5 Å². The fraction of sp³-hybridized carbons (Fsp3) is 0.167. The van der Waals surface area contributed by atoms with E-state index in [0.29, 0.717) is 5.02 Å². The average Bonchev–Trinajstić information content (AvgIpc) is 2.85. The largest absolute Gasteiger partial charge is 0.435 e. The van der Waals surface area contributed by atoms with Gasteiger partial charge in [-0.1, -0.05) is 17.7 Å². The zero-order valence-corrected chi connectivity index (χ0v) is 21.9. The number of ether oxygens (including phenoxy) is 1. The summed E-state index contributed by atoms with van der Waals surface area (Å²) in [4.78, 5) is 25.2. The Labute approximate surface area is 236 Å². The third-order valence-corrected chi connectivity index (χ3v) is 6.16. The van der Waals surface area contributed by atoms with E-state index >= 15 is 4.39 Å². The first-order chi connectivity index (χ1) is 18.9. The predicted molar refractivity (Wildman–Crippen MR) is 129 cm³/mol. The maximum absolute atomic E-state index is 15.1. The van der Waals surface area contributed by atoms with Gasteiger partial charge in [-0.05, 0) is 64.5 Å². The predicted octanol–water partition coefficient (Wildman–Crippen LogP) is 8.64. The molecule has 0 aliphatic carbocycles. The van der Waals surface area contributed by atoms with Crippen LogP contribution in [0.1, 0.15) is 26.3 Å². The highest BCUT2D eigenvalue weighted by Gasteiger charge is 2.73. The summed E-state index contributed by atoms with van der Waals surface area (Å²) in [5, 5.41) is 4.30. The van der Waals surface area contributed by atoms with Gasteiger partial charge in [-0.3, -0.25) is 9.59 Å². The van der Waals surface area contributed by atoms with Crippen LogP contribution in [0.2, 0.25) is 5.02 Å². The number of halogens is 12. The van der Waals surface area contributed by atoms with Crippen molar-refractivity contribution >= 4 is 50.7 Å². The van der Waals surface area contributed by atoms with Crippen molar-refractivity contribution in [1.29, 1.82) is 0 Å². The van der Waals surface area contributed by atoms with Crippen LogP contribution in [0.25, 0.3) is 0 Å². The van der Waals surface area contributed by atoms with Crippen molar-refractivity contribution in [3.05, 3.63) is 86.6 Å². The first-order valence-electron chi connectivity index (χ1n) is 10.6. The summed E-state index contributed by atoms with van der Waals surface area (Å²) in [6.07, 6.45) is -13.2. The minimum Gasteiger partial charge on any atom is -0.433 e. The molecule has 3 aromatic carbocycles. The van der Waals surface area contributed by atoms with Crippen molar-refractivity contribution in [2.75, 3.05) is 10.6 Å². The lowest BCUT2D eigenvalue weighted by atomic mass is 9.93. The number of rotatable bonds is 7. The SMILES string of the molecule is O=C(Nc1cccc(C(=O)Nc2c(Br)cc(C(F)(C(F)(F)F)C(F)(F)F)cc2OC(F)F)c1F)c1ccc(Cl)cc1. The van der Waals surface area contributed by atoms with Crippen LogP contribution in [0.3, 0.4) is 0 Å². The number of amides is 2. The molecule has 0 unspecified atom stereocenters. The number of hydrogen-bond donors (Lipinski definition) is 2. The molecule has 0 radical (unpaired) electrons. The summed E-state index contributed by atoms with van der Waals surface area (Å²) in [5.41, 5.74) is -10.5. The molecular weight excluding hydrogens is 670 g/mol. The Hall–Kier alpha value is -3.53. The smallest absolute Gasteiger partial charge is 0.433 e. The monoisotopic (exact) mass is 680 g/mol. The van der Waals surface area contributed by atoms with Crippen molar-refractivity contribution in [2.24, 2.45) is 0 Å². The molecule has 0 saturated carbocycles. The van der Waals surface area contributed by atoms with Gasteiger partial charge >= 0.3 is 24.6 Å². The number of anilines is 2. The van der Waals surface area contributed by atoms with Crippen LogP contribution in [0.5, 0.6) is 5.75 Å². The van der Waals surface area contributed by atoms with E-state index in [0.717, 1.165) is 18.2 Å². The molecule has 2 N–H and O–H groups in total. The normalized spacial score (nSPS) is 12.3. The third-order valence-electron chi connectivity index (χ3n) is 5.29. The van der Waals surface area contributed by atoms with E-state index in [2.05, 4.69) is 26.0 Å². The number of benzene rings is 3. The van der Waals surface area contributed by atoms with Gasteiger partial charge in [0.1, 0.15) is 0 Å². The fourth-order valence-corrected chi connectivity index (χ4v) is 4.03. The van der Waals surface area contributed by atoms with Crippen molar-refractivity contribution in [2.45, 2.75) is 24.6 Å². The summed E-state index contributed by atoms with van der Waals surface area (Å²) < 4.78 is 138. The molecule has 5 nitrogen and oxygen atoms in total. The second kappa shape index (κ2) is 11.8. The highest BCUT2D eigenvalue weighted by molar-refractivity contribution is 9.10. The first-order valence-corrected chi connectivity index (χ1v) is 11.8. The molecule has 0 fully saturated rings. The van der Waals surface area contributed by atoms with E-state index in [9.17, 15) is 49.1 Å². The van der Waals surface area contributed by atoms with Gasteiger partial charge in [-0.15, -0.1) is 0 Å². The minimum absolute atomic E-state index is 0.0446. The third kappa shape index (κ3) is 6.69. The molecular formula is C24H12BrClF10N2O3. The number of hydrogen-bond acceptors (Lipinski definition) is 3. The Kier molecular flexibility index (Phi) is 9.17. The quantitative estimate of drug-likeness (QED) is 0.246. The van der Waals surface area contributed by atoms with Gasteiger partial charge in [0, 0.05) is 20.6 Å². The molecule has 220 valence electrons. The molecule has 0 bridgehead atoms. The van der Waals surface area contributed by atoms with Crippen LogP contribution < -0.4 is 15.4 Å². The zero-order chi connectivity index (χ0) is 30.9. The van der Waals surface area contributed by atoms with Gasteiger partial charge in [0.25, 0.3) is 11.8 Å². The summed E-state index contributed by atoms with van der Waals surface area (Å²) in [5.74, 6) is -5.15. The average molecular weight is 682 g/mol. The Morgan fingerprint density at radius 3 is 1.98 bits per heavy atom. The van der Waals surface area contributed by atoms with Crippen molar-refractivity contribution in [1.82, 2.24) is 0 Å². The van der Waals surface area contributed by atoms with E-state index in [1.807, 2.05) is 5.32 Å². The van der Waals surface area contributed by atoms with Crippen molar-refractivity contribution in [3.8, 4) is 5.75 Å². The highest BCUT2D eigenvalue weighted by atomic mass is 79.9. The topological polar surface area (TPSA) is 67.4 Å². The Bertz CT molecular complexity index is 1450. The summed E-state index contributed by atoms with van der Waals surface area (Å²) >= 11 is 8.25. The maximum Gasteiger partial charge on any atom is 0.435 e. The van der Waals surface area contributed by atoms with Gasteiger partial charge in [0.05, 0.1) is 16.9 Å². The van der Waals surface area contributed by atoms with Gasteiger partial charge in [-0.25, -0.2) is 8.78 Å². The Morgan fingerprint density at radius 2 is 1.44 bits per heavy atom. The zero-order valence-electron chi connectivity index (χ0n) is 19.5. The maximum atomic E-state index is 15.1. The number of alkyl halides is 9. The van der Waals surface area contributed by atoms with Crippen LogP contribution in [0.15, 0.2) is 59.1 Å². The lowest BCUT2D eigenvalue weighted by Crippen LogP contribution is -2.50. The van der Waals surface area contributed by atoms with Crippen molar-refractivity contribution in [3.63, 3.8) is 0 Å². The van der Waals surface area contributed by atoms with Crippen LogP contribution in [0, 0.1) is 5.82 Å². The molecule has 17 heteroatoms. The lowest BCUT2D eigenvalue weighted by molar-refractivity contribution is -0.348. The molecule has 0 spiro atoms. The summed E-state index contributed by atoms with van der Waals surface area (Å²) in [7, 11) is 0. The van der Waals surface area contributed by atoms with Crippen molar-refractivity contribution < 1.29 is 58.2 Å². The van der Waals surface area contributed by atoms with Crippen LogP contribution in [-0.2, 0) is 5.67 Å². The second-order valence-corrected chi connectivity index (χ2v) is 9.24. The Morgan fingerprint density at radius 1 is 0.854 bits per heavy atom. The van der Waals surface area contributed by atoms with Gasteiger partial charge < -0.3 is 15.4 Å². The summed E-state index contributed by atoms with van der Waals surface area (Å²) in [6, 6.07) is 7.96. The molecule has 3 rings (SSSR count). The minimum atomic E-state index is -6.59. The molecule has 0 aliphatic heterocycles. The number of carbonyl (C=O) groups excluding carboxylic acids is 2. The second-order valence-electron chi connectivity index (χ2n) is 7.95. The molecule has 0 atom stereocenters. The molecule has 0 aromatic heterocycles. The fourth-order valence-electron chi connectivity index (χ4n) is 3.36. The Balaban J connectivity index is 2.01. The van der Waals surface area contributed by atoms with Crippen LogP contribution in [-0.4, -0.2) is 30.8 Å². The van der Waals surface area contributed by atoms with Crippen LogP contribution in [0.4, 0.5) is 55.3 Å². The van der Waals surface area contributed by atoms with Gasteiger partial charge in [0.15, 0.2) is 11.6 Å². The standard InChI is InChI=1S/C24H12BrClF10N2O3/c25-14-8-11(22(30,23(31,32)33)24(34,35)36)9-16(41-21(28)29)18(14)38-20(40)13-2-1-3-15(17(13)27)37-19(39)10-4-6-12(26)7-5-10/h1-9,21H,(H,37,39)(H,38,40).